The molecule has 4 nitrogen and oxygen atoms in total. The SMILES string of the molecule is O=Cc1ccc(-c2ccc3ccccc3c2)c([N+](=O)[O-])c1. The van der Waals surface area contributed by atoms with Crippen LogP contribution in [0.3, 0.4) is 0 Å². The summed E-state index contributed by atoms with van der Waals surface area (Å²) in [6.07, 6.45) is 0.608. The number of aldehydes is 1. The molecule has 0 atom stereocenters. The molecule has 0 radical (unpaired) electrons. The first-order valence-corrected chi connectivity index (χ1v) is 6.42. The zero-order valence-corrected chi connectivity index (χ0v) is 11.0. The summed E-state index contributed by atoms with van der Waals surface area (Å²) in [5, 5.41) is 13.3. The van der Waals surface area contributed by atoms with Gasteiger partial charge in [-0.2, -0.15) is 0 Å². The van der Waals surface area contributed by atoms with Gasteiger partial charge in [0.2, 0.25) is 0 Å². The second kappa shape index (κ2) is 5.17. The van der Waals surface area contributed by atoms with E-state index in [2.05, 4.69) is 0 Å². The summed E-state index contributed by atoms with van der Waals surface area (Å²) in [6, 6.07) is 18.0. The highest BCUT2D eigenvalue weighted by atomic mass is 16.6. The standard InChI is InChI=1S/C17H11NO3/c19-11-12-5-8-16(17(9-12)18(20)21)15-7-6-13-3-1-2-4-14(13)10-15/h1-11H. The van der Waals surface area contributed by atoms with E-state index in [1.165, 1.54) is 6.07 Å². The molecule has 0 heterocycles. The van der Waals surface area contributed by atoms with Crippen LogP contribution in [0.5, 0.6) is 0 Å². The van der Waals surface area contributed by atoms with Gasteiger partial charge in [-0.25, -0.2) is 0 Å². The molecule has 0 bridgehead atoms. The molecule has 0 aliphatic rings. The summed E-state index contributed by atoms with van der Waals surface area (Å²) in [5.74, 6) is 0. The number of rotatable bonds is 3. The zero-order chi connectivity index (χ0) is 14.8. The lowest BCUT2D eigenvalue weighted by atomic mass is 9.99. The van der Waals surface area contributed by atoms with Crippen LogP contribution in [0.2, 0.25) is 0 Å². The predicted octanol–water partition coefficient (Wildman–Crippen LogP) is 4.23. The summed E-state index contributed by atoms with van der Waals surface area (Å²) in [4.78, 5) is 21.5. The lowest BCUT2D eigenvalue weighted by Gasteiger charge is -2.06. The smallest absolute Gasteiger partial charge is 0.277 e. The summed E-state index contributed by atoms with van der Waals surface area (Å²) in [6.45, 7) is 0. The number of carbonyl (C=O) groups excluding carboxylic acids is 1. The van der Waals surface area contributed by atoms with Crippen LogP contribution >= 0.6 is 0 Å². The Morgan fingerprint density at radius 3 is 2.38 bits per heavy atom. The largest absolute Gasteiger partial charge is 0.298 e. The number of benzene rings is 3. The highest BCUT2D eigenvalue weighted by Gasteiger charge is 2.16. The molecule has 3 aromatic carbocycles. The number of nitro groups is 1. The van der Waals surface area contributed by atoms with E-state index in [9.17, 15) is 14.9 Å². The van der Waals surface area contributed by atoms with E-state index in [0.717, 1.165) is 16.3 Å². The van der Waals surface area contributed by atoms with Crippen molar-refractivity contribution in [3.63, 3.8) is 0 Å². The predicted molar refractivity (Wildman–Crippen MR) is 81.4 cm³/mol. The van der Waals surface area contributed by atoms with Crippen molar-refractivity contribution < 1.29 is 9.72 Å². The van der Waals surface area contributed by atoms with Crippen LogP contribution in [0.1, 0.15) is 10.4 Å². The summed E-state index contributed by atoms with van der Waals surface area (Å²) < 4.78 is 0. The molecule has 102 valence electrons. The van der Waals surface area contributed by atoms with Crippen LogP contribution in [0.4, 0.5) is 5.69 Å². The Kier molecular flexibility index (Phi) is 3.20. The molecule has 0 aliphatic carbocycles. The fourth-order valence-electron chi connectivity index (χ4n) is 2.37. The Labute approximate surface area is 120 Å². The summed E-state index contributed by atoms with van der Waals surface area (Å²) in [7, 11) is 0. The van der Waals surface area contributed by atoms with Gasteiger partial charge in [0.25, 0.3) is 5.69 Å². The first kappa shape index (κ1) is 13.0. The molecule has 0 saturated carbocycles. The Morgan fingerprint density at radius 2 is 1.67 bits per heavy atom. The van der Waals surface area contributed by atoms with Gasteiger partial charge in [-0.1, -0.05) is 42.5 Å². The van der Waals surface area contributed by atoms with Crippen LogP contribution in [-0.4, -0.2) is 11.2 Å². The number of hydrogen-bond acceptors (Lipinski definition) is 3. The molecule has 0 fully saturated rings. The Balaban J connectivity index is 2.21. The Morgan fingerprint density at radius 1 is 0.905 bits per heavy atom. The Hall–Kier alpha value is -3.01. The highest BCUT2D eigenvalue weighted by Crippen LogP contribution is 2.32. The normalized spacial score (nSPS) is 10.5. The monoisotopic (exact) mass is 277 g/mol. The zero-order valence-electron chi connectivity index (χ0n) is 11.0. The third-order valence-electron chi connectivity index (χ3n) is 3.42. The van der Waals surface area contributed by atoms with Gasteiger partial charge in [0, 0.05) is 11.6 Å². The molecular formula is C17H11NO3. The highest BCUT2D eigenvalue weighted by molar-refractivity contribution is 5.90. The van der Waals surface area contributed by atoms with Crippen molar-refractivity contribution in [1.82, 2.24) is 0 Å². The molecule has 0 unspecified atom stereocenters. The van der Waals surface area contributed by atoms with E-state index in [1.807, 2.05) is 42.5 Å². The van der Waals surface area contributed by atoms with E-state index < -0.39 is 4.92 Å². The summed E-state index contributed by atoms with van der Waals surface area (Å²) in [5.41, 5.74) is 1.51. The van der Waals surface area contributed by atoms with E-state index >= 15 is 0 Å². The first-order chi connectivity index (χ1) is 10.2. The molecule has 4 heteroatoms. The maximum absolute atomic E-state index is 11.2. The van der Waals surface area contributed by atoms with Gasteiger partial charge < -0.3 is 0 Å². The number of nitrogens with zero attached hydrogens (tertiary/aromatic N) is 1. The minimum absolute atomic E-state index is 0.0603. The third-order valence-corrected chi connectivity index (χ3v) is 3.42. The van der Waals surface area contributed by atoms with E-state index in [1.54, 1.807) is 12.1 Å². The molecule has 0 amide bonds. The minimum atomic E-state index is -0.461. The van der Waals surface area contributed by atoms with Crippen LogP contribution in [-0.2, 0) is 0 Å². The fourth-order valence-corrected chi connectivity index (χ4v) is 2.37. The third kappa shape index (κ3) is 2.39. The lowest BCUT2D eigenvalue weighted by molar-refractivity contribution is -0.384. The van der Waals surface area contributed by atoms with Gasteiger partial charge >= 0.3 is 0 Å². The minimum Gasteiger partial charge on any atom is -0.298 e. The quantitative estimate of drug-likeness (QED) is 0.409. The molecule has 0 aliphatic heterocycles. The molecule has 0 aromatic heterocycles. The molecule has 0 N–H and O–H groups in total. The van der Waals surface area contributed by atoms with Crippen LogP contribution in [0.15, 0.2) is 60.7 Å². The van der Waals surface area contributed by atoms with Gasteiger partial charge in [0.05, 0.1) is 10.5 Å². The molecular weight excluding hydrogens is 266 g/mol. The molecule has 3 aromatic rings. The maximum Gasteiger partial charge on any atom is 0.277 e. The van der Waals surface area contributed by atoms with Gasteiger partial charge in [-0.3, -0.25) is 14.9 Å². The van der Waals surface area contributed by atoms with Gasteiger partial charge in [-0.05, 0) is 28.5 Å². The van der Waals surface area contributed by atoms with E-state index in [-0.39, 0.29) is 5.69 Å². The number of carbonyl (C=O) groups is 1. The van der Waals surface area contributed by atoms with Crippen molar-refractivity contribution in [1.29, 1.82) is 0 Å². The molecule has 0 saturated heterocycles. The topological polar surface area (TPSA) is 60.2 Å². The second-order valence-electron chi connectivity index (χ2n) is 4.71. The van der Waals surface area contributed by atoms with Gasteiger partial charge in [-0.15, -0.1) is 0 Å². The van der Waals surface area contributed by atoms with Crippen molar-refractivity contribution >= 4 is 22.7 Å². The number of hydrogen-bond donors (Lipinski definition) is 0. The van der Waals surface area contributed by atoms with Gasteiger partial charge in [0.1, 0.15) is 6.29 Å². The fraction of sp³-hybridized carbons (Fsp3) is 0. The molecule has 21 heavy (non-hydrogen) atoms. The number of nitro benzene ring substituents is 1. The molecule has 0 spiro atoms. The maximum atomic E-state index is 11.2. The molecule has 3 rings (SSSR count). The van der Waals surface area contributed by atoms with Crippen LogP contribution in [0, 0.1) is 10.1 Å². The van der Waals surface area contributed by atoms with Crippen molar-refractivity contribution in [2.24, 2.45) is 0 Å². The number of fused-ring (bicyclic) bond motifs is 1. The average molecular weight is 277 g/mol. The second-order valence-corrected chi connectivity index (χ2v) is 4.71. The first-order valence-electron chi connectivity index (χ1n) is 6.42. The average Bonchev–Trinajstić information content (AvgIpc) is 2.53. The van der Waals surface area contributed by atoms with E-state index in [0.29, 0.717) is 17.4 Å². The summed E-state index contributed by atoms with van der Waals surface area (Å²) >= 11 is 0. The lowest BCUT2D eigenvalue weighted by Crippen LogP contribution is -1.94. The van der Waals surface area contributed by atoms with Crippen molar-refractivity contribution in [3.05, 3.63) is 76.3 Å². The van der Waals surface area contributed by atoms with E-state index in [4.69, 9.17) is 0 Å². The van der Waals surface area contributed by atoms with Gasteiger partial charge in [0.15, 0.2) is 0 Å². The van der Waals surface area contributed by atoms with Crippen molar-refractivity contribution in [3.8, 4) is 11.1 Å². The van der Waals surface area contributed by atoms with Crippen LogP contribution < -0.4 is 0 Å². The van der Waals surface area contributed by atoms with Crippen LogP contribution in [0.25, 0.3) is 21.9 Å². The van der Waals surface area contributed by atoms with Crippen molar-refractivity contribution in [2.75, 3.05) is 0 Å². The van der Waals surface area contributed by atoms with Crippen molar-refractivity contribution in [2.45, 2.75) is 0 Å². The Bertz CT molecular complexity index is 856.